The van der Waals surface area contributed by atoms with Gasteiger partial charge < -0.3 is 10.2 Å². The average molecular weight is 392 g/mol. The quantitative estimate of drug-likeness (QED) is 0.724. The molecular weight excluding hydrogens is 362 g/mol. The summed E-state index contributed by atoms with van der Waals surface area (Å²) in [7, 11) is 0. The number of likely N-dealkylation sites (tertiary alicyclic amines) is 1. The monoisotopic (exact) mass is 391 g/mol. The molecule has 1 aliphatic rings. The van der Waals surface area contributed by atoms with Crippen LogP contribution in [0.5, 0.6) is 0 Å². The number of nitrogens with one attached hydrogen (secondary N) is 1. The van der Waals surface area contributed by atoms with Gasteiger partial charge in [-0.05, 0) is 64.3 Å². The Balaban J connectivity index is 1.66. The Bertz CT molecular complexity index is 1030. The van der Waals surface area contributed by atoms with Crippen molar-refractivity contribution in [2.75, 3.05) is 18.4 Å². The molecule has 152 valence electrons. The maximum atomic E-state index is 13.1. The lowest BCUT2D eigenvalue weighted by Gasteiger charge is -2.33. The second-order valence-corrected chi connectivity index (χ2v) is 8.93. The van der Waals surface area contributed by atoms with E-state index in [0.29, 0.717) is 6.54 Å². The maximum absolute atomic E-state index is 13.1. The van der Waals surface area contributed by atoms with Crippen molar-refractivity contribution < 1.29 is 4.79 Å². The Morgan fingerprint density at radius 3 is 2.83 bits per heavy atom. The highest BCUT2D eigenvalue weighted by molar-refractivity contribution is 5.95. The zero-order valence-corrected chi connectivity index (χ0v) is 17.6. The molecule has 0 radical (unpaired) electrons. The third-order valence-electron chi connectivity index (χ3n) is 5.40. The summed E-state index contributed by atoms with van der Waals surface area (Å²) in [5.41, 5.74) is 3.56. The van der Waals surface area contributed by atoms with Gasteiger partial charge in [0.1, 0.15) is 11.5 Å². The van der Waals surface area contributed by atoms with E-state index in [1.807, 2.05) is 42.3 Å². The van der Waals surface area contributed by atoms with Gasteiger partial charge in [-0.2, -0.15) is 0 Å². The molecule has 0 bridgehead atoms. The summed E-state index contributed by atoms with van der Waals surface area (Å²) < 4.78 is 2.12. The predicted octanol–water partition coefficient (Wildman–Crippen LogP) is 4.27. The minimum Gasteiger partial charge on any atom is -0.365 e. The topological polar surface area (TPSA) is 62.5 Å². The molecule has 1 saturated heterocycles. The SMILES string of the molecule is Cc1cnccc1C(=O)N1CCCC(c2nc3ccccn3c2NC(C)(C)C)C1. The molecule has 4 rings (SSSR count). The summed E-state index contributed by atoms with van der Waals surface area (Å²) in [4.78, 5) is 24.2. The van der Waals surface area contributed by atoms with Crippen LogP contribution in [0.3, 0.4) is 0 Å². The largest absolute Gasteiger partial charge is 0.365 e. The molecule has 4 heterocycles. The van der Waals surface area contributed by atoms with Crippen molar-refractivity contribution in [2.45, 2.75) is 52.0 Å². The number of rotatable bonds is 3. The summed E-state index contributed by atoms with van der Waals surface area (Å²) in [5.74, 6) is 1.33. The predicted molar refractivity (Wildman–Crippen MR) is 115 cm³/mol. The molecule has 1 aliphatic heterocycles. The summed E-state index contributed by atoms with van der Waals surface area (Å²) >= 11 is 0. The molecule has 1 atom stereocenters. The van der Waals surface area contributed by atoms with Crippen molar-refractivity contribution >= 4 is 17.4 Å². The van der Waals surface area contributed by atoms with E-state index in [1.165, 1.54) is 0 Å². The van der Waals surface area contributed by atoms with Crippen LogP contribution in [0.4, 0.5) is 5.82 Å². The first-order chi connectivity index (χ1) is 13.8. The molecular formula is C23H29N5O. The van der Waals surface area contributed by atoms with Crippen LogP contribution in [0.1, 0.15) is 61.1 Å². The summed E-state index contributed by atoms with van der Waals surface area (Å²) in [6, 6.07) is 7.88. The van der Waals surface area contributed by atoms with Gasteiger partial charge in [-0.15, -0.1) is 0 Å². The number of piperidine rings is 1. The van der Waals surface area contributed by atoms with Crippen LogP contribution >= 0.6 is 0 Å². The number of carbonyl (C=O) groups is 1. The van der Waals surface area contributed by atoms with E-state index in [0.717, 1.165) is 47.7 Å². The van der Waals surface area contributed by atoms with E-state index in [1.54, 1.807) is 12.4 Å². The second-order valence-electron chi connectivity index (χ2n) is 8.93. The number of pyridine rings is 2. The minimum absolute atomic E-state index is 0.0844. The fourth-order valence-corrected chi connectivity index (χ4v) is 4.05. The van der Waals surface area contributed by atoms with Gasteiger partial charge >= 0.3 is 0 Å². The number of fused-ring (bicyclic) bond motifs is 1. The Hall–Kier alpha value is -2.89. The molecule has 0 saturated carbocycles. The van der Waals surface area contributed by atoms with Crippen LogP contribution < -0.4 is 5.32 Å². The number of amides is 1. The Kier molecular flexibility index (Phi) is 5.03. The van der Waals surface area contributed by atoms with E-state index in [2.05, 4.69) is 35.5 Å². The third kappa shape index (κ3) is 3.97. The first-order valence-electron chi connectivity index (χ1n) is 10.3. The van der Waals surface area contributed by atoms with Crippen molar-refractivity contribution in [1.29, 1.82) is 0 Å². The van der Waals surface area contributed by atoms with Gasteiger partial charge in [0.25, 0.3) is 5.91 Å². The van der Waals surface area contributed by atoms with E-state index >= 15 is 0 Å². The highest BCUT2D eigenvalue weighted by Gasteiger charge is 2.31. The minimum atomic E-state index is -0.0844. The molecule has 1 amide bonds. The van der Waals surface area contributed by atoms with E-state index in [9.17, 15) is 4.79 Å². The van der Waals surface area contributed by atoms with Crippen LogP contribution in [0.15, 0.2) is 42.9 Å². The summed E-state index contributed by atoms with van der Waals surface area (Å²) in [6.07, 6.45) is 7.49. The van der Waals surface area contributed by atoms with Gasteiger partial charge in [0.05, 0.1) is 5.69 Å². The van der Waals surface area contributed by atoms with Gasteiger partial charge in [-0.1, -0.05) is 6.07 Å². The van der Waals surface area contributed by atoms with E-state index in [4.69, 9.17) is 4.98 Å². The molecule has 0 aromatic carbocycles. The zero-order valence-electron chi connectivity index (χ0n) is 17.6. The highest BCUT2D eigenvalue weighted by atomic mass is 16.2. The molecule has 1 unspecified atom stereocenters. The van der Waals surface area contributed by atoms with Crippen LogP contribution in [0, 0.1) is 6.92 Å². The number of carbonyl (C=O) groups excluding carboxylic acids is 1. The normalized spacial score (nSPS) is 17.5. The van der Waals surface area contributed by atoms with Gasteiger partial charge in [0.15, 0.2) is 0 Å². The number of nitrogens with zero attached hydrogens (tertiary/aromatic N) is 4. The number of aromatic nitrogens is 3. The fourth-order valence-electron chi connectivity index (χ4n) is 4.05. The Morgan fingerprint density at radius 2 is 2.07 bits per heavy atom. The summed E-state index contributed by atoms with van der Waals surface area (Å²) in [5, 5.41) is 3.64. The third-order valence-corrected chi connectivity index (χ3v) is 5.40. The molecule has 1 N–H and O–H groups in total. The van der Waals surface area contributed by atoms with Gasteiger partial charge in [-0.25, -0.2) is 4.98 Å². The van der Waals surface area contributed by atoms with Gasteiger partial charge in [-0.3, -0.25) is 14.2 Å². The highest BCUT2D eigenvalue weighted by Crippen LogP contribution is 2.34. The second kappa shape index (κ2) is 7.50. The number of hydrogen-bond acceptors (Lipinski definition) is 4. The molecule has 29 heavy (non-hydrogen) atoms. The fraction of sp³-hybridized carbons (Fsp3) is 0.435. The lowest BCUT2D eigenvalue weighted by Crippen LogP contribution is -2.40. The Morgan fingerprint density at radius 1 is 1.24 bits per heavy atom. The number of aryl methyl sites for hydroxylation is 1. The van der Waals surface area contributed by atoms with Crippen LogP contribution in [-0.4, -0.2) is 43.8 Å². The zero-order chi connectivity index (χ0) is 20.6. The molecule has 3 aromatic heterocycles. The first-order valence-corrected chi connectivity index (χ1v) is 10.3. The lowest BCUT2D eigenvalue weighted by molar-refractivity contribution is 0.0705. The van der Waals surface area contributed by atoms with Crippen molar-refractivity contribution in [3.05, 3.63) is 59.7 Å². The first kappa shape index (κ1) is 19.4. The van der Waals surface area contributed by atoms with Crippen molar-refractivity contribution in [3.63, 3.8) is 0 Å². The van der Waals surface area contributed by atoms with E-state index < -0.39 is 0 Å². The average Bonchev–Trinajstić information content (AvgIpc) is 3.05. The molecule has 6 nitrogen and oxygen atoms in total. The van der Waals surface area contributed by atoms with Crippen LogP contribution in [0.2, 0.25) is 0 Å². The van der Waals surface area contributed by atoms with E-state index in [-0.39, 0.29) is 17.4 Å². The standard InChI is InChI=1S/C23H29N5O/c1-16-14-24-11-10-18(16)22(29)27-12-7-8-17(15-27)20-21(26-23(2,3)4)28-13-6-5-9-19(28)25-20/h5-6,9-11,13-14,17,26H,7-8,12,15H2,1-4H3. The number of anilines is 1. The smallest absolute Gasteiger partial charge is 0.254 e. The van der Waals surface area contributed by atoms with Crippen LogP contribution in [0.25, 0.3) is 5.65 Å². The van der Waals surface area contributed by atoms with Gasteiger partial charge in [0.2, 0.25) is 0 Å². The lowest BCUT2D eigenvalue weighted by atomic mass is 9.93. The Labute approximate surface area is 172 Å². The van der Waals surface area contributed by atoms with Gasteiger partial charge in [0, 0.05) is 48.7 Å². The molecule has 0 spiro atoms. The van der Waals surface area contributed by atoms with Crippen molar-refractivity contribution in [3.8, 4) is 0 Å². The van der Waals surface area contributed by atoms with Crippen LogP contribution in [-0.2, 0) is 0 Å². The molecule has 1 fully saturated rings. The molecule has 6 heteroatoms. The maximum Gasteiger partial charge on any atom is 0.254 e. The molecule has 0 aliphatic carbocycles. The summed E-state index contributed by atoms with van der Waals surface area (Å²) in [6.45, 7) is 9.87. The van der Waals surface area contributed by atoms with Crippen molar-refractivity contribution in [1.82, 2.24) is 19.3 Å². The number of imidazole rings is 1. The number of hydrogen-bond donors (Lipinski definition) is 1. The van der Waals surface area contributed by atoms with Crippen molar-refractivity contribution in [2.24, 2.45) is 0 Å². The molecule has 3 aromatic rings.